The number of halogens is 1. The van der Waals surface area contributed by atoms with Gasteiger partial charge in [-0.2, -0.15) is 0 Å². The molecule has 1 saturated heterocycles. The molecule has 1 aliphatic carbocycles. The molecule has 2 aromatic rings. The summed E-state index contributed by atoms with van der Waals surface area (Å²) in [5.41, 5.74) is 0.323. The molecule has 40 heavy (non-hydrogen) atoms. The Labute approximate surface area is 232 Å². The predicted octanol–water partition coefficient (Wildman–Crippen LogP) is 4.44. The van der Waals surface area contributed by atoms with Crippen molar-refractivity contribution in [1.29, 1.82) is 0 Å². The summed E-state index contributed by atoms with van der Waals surface area (Å²) in [6.07, 6.45) is 0.640. The van der Waals surface area contributed by atoms with Gasteiger partial charge in [0, 0.05) is 18.0 Å². The first-order valence-corrected chi connectivity index (χ1v) is 14.6. The number of nitrogens with zero attached hydrogens (tertiary/aromatic N) is 1. The molecule has 0 bridgehead atoms. The largest absolute Gasteiger partial charge is 0.492 e. The standard InChI is InChI=1S/C28H33FN2O8S/c1-28(2,3)39-27(33)31-10-9-19(13-31)37-15-17-11-18(29)5-8-23(17)40(34,35)30-22-7-6-20-21-12-16(21)14-38-25(20)24(22)26(32)36-4/h5-8,11,16,19,21,30H,9-10,12-15H2,1-4H3/t16-,19?,21?/m0/s1. The number of sulfonamides is 1. The van der Waals surface area contributed by atoms with Crippen LogP contribution in [0.15, 0.2) is 35.2 Å². The van der Waals surface area contributed by atoms with Gasteiger partial charge >= 0.3 is 12.1 Å². The number of benzene rings is 2. The van der Waals surface area contributed by atoms with E-state index in [-0.39, 0.29) is 46.9 Å². The van der Waals surface area contributed by atoms with Crippen LogP contribution >= 0.6 is 0 Å². The molecule has 0 aromatic heterocycles. The van der Waals surface area contributed by atoms with Gasteiger partial charge in [-0.05, 0) is 69.4 Å². The summed E-state index contributed by atoms with van der Waals surface area (Å²) in [5, 5.41) is 0. The maximum Gasteiger partial charge on any atom is 0.410 e. The van der Waals surface area contributed by atoms with Gasteiger partial charge in [0.2, 0.25) is 0 Å². The highest BCUT2D eigenvalue weighted by atomic mass is 32.2. The predicted molar refractivity (Wildman–Crippen MR) is 142 cm³/mol. The maximum absolute atomic E-state index is 14.2. The van der Waals surface area contributed by atoms with Crippen molar-refractivity contribution in [3.8, 4) is 5.75 Å². The lowest BCUT2D eigenvalue weighted by atomic mass is 10.0. The Balaban J connectivity index is 1.34. The fraction of sp³-hybridized carbons (Fsp3) is 0.500. The minimum absolute atomic E-state index is 0.00188. The van der Waals surface area contributed by atoms with Crippen LogP contribution < -0.4 is 9.46 Å². The lowest BCUT2D eigenvalue weighted by Gasteiger charge is -2.24. The molecule has 2 aliphatic heterocycles. The number of likely N-dealkylation sites (tertiary alicyclic amines) is 1. The van der Waals surface area contributed by atoms with Crippen LogP contribution in [0.4, 0.5) is 14.9 Å². The van der Waals surface area contributed by atoms with Gasteiger partial charge in [-0.3, -0.25) is 4.72 Å². The average Bonchev–Trinajstić information content (AvgIpc) is 3.53. The van der Waals surface area contributed by atoms with Crippen LogP contribution in [0.2, 0.25) is 0 Å². The molecule has 3 atom stereocenters. The van der Waals surface area contributed by atoms with Crippen molar-refractivity contribution >= 4 is 27.8 Å². The Morgan fingerprint density at radius 2 is 1.98 bits per heavy atom. The zero-order valence-corrected chi connectivity index (χ0v) is 23.7. The summed E-state index contributed by atoms with van der Waals surface area (Å²) < 4.78 is 65.9. The first-order valence-electron chi connectivity index (χ1n) is 13.1. The van der Waals surface area contributed by atoms with Crippen molar-refractivity contribution in [3.63, 3.8) is 0 Å². The number of amides is 1. The molecule has 0 spiro atoms. The van der Waals surface area contributed by atoms with E-state index >= 15 is 0 Å². The molecule has 5 rings (SSSR count). The van der Waals surface area contributed by atoms with E-state index in [1.165, 1.54) is 18.1 Å². The first kappa shape index (κ1) is 28.2. The molecular weight excluding hydrogens is 543 g/mol. The summed E-state index contributed by atoms with van der Waals surface area (Å²) in [6, 6.07) is 6.58. The molecule has 2 fully saturated rings. The van der Waals surface area contributed by atoms with Gasteiger partial charge in [0.15, 0.2) is 0 Å². The monoisotopic (exact) mass is 576 g/mol. The van der Waals surface area contributed by atoms with Crippen molar-refractivity contribution in [2.75, 3.05) is 31.5 Å². The number of rotatable bonds is 7. The lowest BCUT2D eigenvalue weighted by molar-refractivity contribution is 0.0181. The van der Waals surface area contributed by atoms with E-state index in [1.807, 2.05) is 0 Å². The van der Waals surface area contributed by atoms with E-state index in [2.05, 4.69) is 4.72 Å². The van der Waals surface area contributed by atoms with Crippen molar-refractivity contribution in [1.82, 2.24) is 4.90 Å². The van der Waals surface area contributed by atoms with E-state index in [4.69, 9.17) is 18.9 Å². The van der Waals surface area contributed by atoms with E-state index in [9.17, 15) is 22.4 Å². The molecule has 1 saturated carbocycles. The lowest BCUT2D eigenvalue weighted by Crippen LogP contribution is -2.36. The van der Waals surface area contributed by atoms with Crippen LogP contribution in [-0.2, 0) is 30.8 Å². The van der Waals surface area contributed by atoms with Gasteiger partial charge < -0.3 is 23.8 Å². The second-order valence-electron chi connectivity index (χ2n) is 11.3. The van der Waals surface area contributed by atoms with E-state index in [0.717, 1.165) is 30.2 Å². The molecule has 12 heteroatoms. The Kier molecular flexibility index (Phi) is 7.43. The van der Waals surface area contributed by atoms with Gasteiger partial charge in [-0.15, -0.1) is 0 Å². The minimum atomic E-state index is -4.29. The number of hydrogen-bond donors (Lipinski definition) is 1. The summed E-state index contributed by atoms with van der Waals surface area (Å²) in [6.45, 7) is 6.27. The van der Waals surface area contributed by atoms with Crippen LogP contribution in [0, 0.1) is 11.7 Å². The van der Waals surface area contributed by atoms with Crippen molar-refractivity contribution in [3.05, 3.63) is 52.8 Å². The fourth-order valence-electron chi connectivity index (χ4n) is 5.13. The van der Waals surface area contributed by atoms with Gasteiger partial charge in [-0.25, -0.2) is 22.4 Å². The average molecular weight is 577 g/mol. The van der Waals surface area contributed by atoms with Crippen molar-refractivity contribution in [2.24, 2.45) is 5.92 Å². The molecule has 216 valence electrons. The highest BCUT2D eigenvalue weighted by molar-refractivity contribution is 7.92. The Morgan fingerprint density at radius 1 is 1.20 bits per heavy atom. The van der Waals surface area contributed by atoms with Crippen molar-refractivity contribution < 1.29 is 41.3 Å². The number of hydrogen-bond acceptors (Lipinski definition) is 8. The Hall–Kier alpha value is -3.38. The number of fused-ring (bicyclic) bond motifs is 3. The summed E-state index contributed by atoms with van der Waals surface area (Å²) in [4.78, 5) is 26.4. The Bertz CT molecular complexity index is 1440. The van der Waals surface area contributed by atoms with Gasteiger partial charge in [0.05, 0.1) is 43.6 Å². The molecular formula is C28H33FN2O8S. The Morgan fingerprint density at radius 3 is 2.70 bits per heavy atom. The molecule has 2 aromatic carbocycles. The molecule has 0 radical (unpaired) electrons. The number of nitrogens with one attached hydrogen (secondary N) is 1. The normalized spacial score (nSPS) is 21.6. The highest BCUT2D eigenvalue weighted by Crippen LogP contribution is 2.55. The number of carbonyl (C=O) groups excluding carboxylic acids is 2. The molecule has 2 heterocycles. The van der Waals surface area contributed by atoms with E-state index in [1.54, 1.807) is 26.8 Å². The molecule has 1 amide bonds. The molecule has 10 nitrogen and oxygen atoms in total. The number of esters is 1. The van der Waals surface area contributed by atoms with Gasteiger partial charge in [0.1, 0.15) is 22.7 Å². The maximum atomic E-state index is 14.2. The quantitative estimate of drug-likeness (QED) is 0.481. The third kappa shape index (κ3) is 5.87. The number of anilines is 1. The molecule has 3 aliphatic rings. The first-order chi connectivity index (χ1) is 18.9. The number of carbonyl (C=O) groups is 2. The number of methoxy groups -OCH3 is 1. The number of ether oxygens (including phenoxy) is 4. The van der Waals surface area contributed by atoms with Crippen LogP contribution in [0.1, 0.15) is 61.0 Å². The topological polar surface area (TPSA) is 120 Å². The summed E-state index contributed by atoms with van der Waals surface area (Å²) >= 11 is 0. The SMILES string of the molecule is COC(=O)c1c(NS(=O)(=O)c2ccc(F)cc2COC2CCN(C(=O)OC(C)(C)C)C2)ccc2c1OC[C@@H]1CC21. The van der Waals surface area contributed by atoms with Gasteiger partial charge in [-0.1, -0.05) is 6.07 Å². The fourth-order valence-corrected chi connectivity index (χ4v) is 6.41. The van der Waals surface area contributed by atoms with E-state index < -0.39 is 33.5 Å². The molecule has 1 N–H and O–H groups in total. The smallest absolute Gasteiger partial charge is 0.410 e. The van der Waals surface area contributed by atoms with E-state index in [0.29, 0.717) is 31.2 Å². The molecule has 2 unspecified atom stereocenters. The van der Waals surface area contributed by atoms with Crippen LogP contribution in [0.3, 0.4) is 0 Å². The summed E-state index contributed by atoms with van der Waals surface area (Å²) in [5.74, 6) is -0.356. The third-order valence-electron chi connectivity index (χ3n) is 7.17. The van der Waals surface area contributed by atoms with Gasteiger partial charge in [0.25, 0.3) is 10.0 Å². The zero-order chi connectivity index (χ0) is 28.8. The zero-order valence-electron chi connectivity index (χ0n) is 22.9. The third-order valence-corrected chi connectivity index (χ3v) is 8.64. The van der Waals surface area contributed by atoms with Crippen LogP contribution in [-0.4, -0.2) is 63.9 Å². The minimum Gasteiger partial charge on any atom is -0.492 e. The summed E-state index contributed by atoms with van der Waals surface area (Å²) in [7, 11) is -3.08. The highest BCUT2D eigenvalue weighted by Gasteiger charge is 2.45. The van der Waals surface area contributed by atoms with Crippen molar-refractivity contribution in [2.45, 2.75) is 62.7 Å². The van der Waals surface area contributed by atoms with Crippen LogP contribution in [0.25, 0.3) is 0 Å². The van der Waals surface area contributed by atoms with Crippen LogP contribution in [0.5, 0.6) is 5.75 Å². The second-order valence-corrected chi connectivity index (χ2v) is 13.0. The second kappa shape index (κ2) is 10.5.